The second-order valence-electron chi connectivity index (χ2n) is 4.70. The average Bonchev–Trinajstić information content (AvgIpc) is 2.39. The molecule has 0 amide bonds. The standard InChI is InChI=1S/C12H18N4O2/c1-2-9-8-15(6-5-11(9)13)10-3-4-12(14-7-10)16(17)18/h3-4,7,9,11H,2,5-6,8,13H2,1H3. The zero-order valence-electron chi connectivity index (χ0n) is 10.5. The molecule has 6 nitrogen and oxygen atoms in total. The van der Waals surface area contributed by atoms with Crippen LogP contribution in [-0.2, 0) is 0 Å². The summed E-state index contributed by atoms with van der Waals surface area (Å²) in [4.78, 5) is 16.1. The molecule has 1 saturated heterocycles. The van der Waals surface area contributed by atoms with Crippen molar-refractivity contribution in [2.75, 3.05) is 18.0 Å². The van der Waals surface area contributed by atoms with Crippen LogP contribution in [0.1, 0.15) is 19.8 Å². The SMILES string of the molecule is CCC1CN(c2ccc([N+](=O)[O-])nc2)CCC1N. The summed E-state index contributed by atoms with van der Waals surface area (Å²) in [6, 6.07) is 3.47. The van der Waals surface area contributed by atoms with Crippen LogP contribution in [0.5, 0.6) is 0 Å². The first-order valence-corrected chi connectivity index (χ1v) is 6.22. The molecule has 0 radical (unpaired) electrons. The fraction of sp³-hybridized carbons (Fsp3) is 0.583. The van der Waals surface area contributed by atoms with Crippen LogP contribution in [0.2, 0.25) is 0 Å². The van der Waals surface area contributed by atoms with Crippen molar-refractivity contribution in [1.29, 1.82) is 0 Å². The summed E-state index contributed by atoms with van der Waals surface area (Å²) in [5.74, 6) is 0.369. The van der Waals surface area contributed by atoms with Crippen molar-refractivity contribution < 1.29 is 4.92 Å². The minimum absolute atomic E-state index is 0.112. The summed E-state index contributed by atoms with van der Waals surface area (Å²) >= 11 is 0. The van der Waals surface area contributed by atoms with Gasteiger partial charge in [-0.2, -0.15) is 0 Å². The lowest BCUT2D eigenvalue weighted by atomic mass is 9.90. The van der Waals surface area contributed by atoms with Crippen LogP contribution in [0, 0.1) is 16.0 Å². The molecule has 0 aliphatic carbocycles. The molecule has 6 heteroatoms. The Kier molecular flexibility index (Phi) is 3.76. The molecule has 2 N–H and O–H groups in total. The van der Waals surface area contributed by atoms with Gasteiger partial charge in [0.2, 0.25) is 0 Å². The van der Waals surface area contributed by atoms with E-state index in [-0.39, 0.29) is 11.9 Å². The predicted octanol–water partition coefficient (Wildman–Crippen LogP) is 1.55. The number of hydrogen-bond donors (Lipinski definition) is 1. The third kappa shape index (κ3) is 2.59. The Labute approximate surface area is 106 Å². The number of rotatable bonds is 3. The van der Waals surface area contributed by atoms with Gasteiger partial charge in [0.05, 0.1) is 5.69 Å². The van der Waals surface area contributed by atoms with Gasteiger partial charge in [0.15, 0.2) is 6.20 Å². The molecule has 2 unspecified atom stereocenters. The number of aromatic nitrogens is 1. The van der Waals surface area contributed by atoms with E-state index >= 15 is 0 Å². The fourth-order valence-corrected chi connectivity index (χ4v) is 2.39. The summed E-state index contributed by atoms with van der Waals surface area (Å²) in [6.45, 7) is 3.93. The molecule has 2 heterocycles. The number of anilines is 1. The molecule has 0 saturated carbocycles. The van der Waals surface area contributed by atoms with Crippen molar-refractivity contribution in [1.82, 2.24) is 4.98 Å². The van der Waals surface area contributed by atoms with Gasteiger partial charge in [-0.05, 0) is 28.3 Å². The minimum Gasteiger partial charge on any atom is -0.368 e. The summed E-state index contributed by atoms with van der Waals surface area (Å²) in [6.07, 6.45) is 3.58. The number of hydrogen-bond acceptors (Lipinski definition) is 5. The zero-order chi connectivity index (χ0) is 13.1. The van der Waals surface area contributed by atoms with E-state index in [1.165, 1.54) is 6.07 Å². The topological polar surface area (TPSA) is 85.3 Å². The van der Waals surface area contributed by atoms with Gasteiger partial charge in [0.1, 0.15) is 0 Å². The molecule has 1 aromatic heterocycles. The van der Waals surface area contributed by atoms with E-state index in [1.807, 2.05) is 0 Å². The lowest BCUT2D eigenvalue weighted by molar-refractivity contribution is -0.389. The van der Waals surface area contributed by atoms with Crippen LogP contribution >= 0.6 is 0 Å². The molecule has 1 fully saturated rings. The number of pyridine rings is 1. The monoisotopic (exact) mass is 250 g/mol. The maximum absolute atomic E-state index is 10.5. The predicted molar refractivity (Wildman–Crippen MR) is 69.5 cm³/mol. The first-order valence-electron chi connectivity index (χ1n) is 6.22. The lowest BCUT2D eigenvalue weighted by Crippen LogP contribution is -2.47. The molecule has 98 valence electrons. The largest absolute Gasteiger partial charge is 0.368 e. The maximum atomic E-state index is 10.5. The van der Waals surface area contributed by atoms with Crippen molar-refractivity contribution in [3.63, 3.8) is 0 Å². The van der Waals surface area contributed by atoms with Crippen LogP contribution in [0.3, 0.4) is 0 Å². The number of piperidine rings is 1. The Hall–Kier alpha value is -1.69. The fourth-order valence-electron chi connectivity index (χ4n) is 2.39. The summed E-state index contributed by atoms with van der Waals surface area (Å²) in [5, 5.41) is 10.5. The van der Waals surface area contributed by atoms with E-state index < -0.39 is 4.92 Å². The van der Waals surface area contributed by atoms with Gasteiger partial charge in [0.25, 0.3) is 0 Å². The smallest absolute Gasteiger partial charge is 0.363 e. The highest BCUT2D eigenvalue weighted by molar-refractivity contribution is 5.47. The van der Waals surface area contributed by atoms with Gasteiger partial charge in [0, 0.05) is 25.2 Å². The molecule has 0 spiro atoms. The highest BCUT2D eigenvalue weighted by Gasteiger charge is 2.26. The van der Waals surface area contributed by atoms with Gasteiger partial charge in [-0.3, -0.25) is 0 Å². The van der Waals surface area contributed by atoms with Gasteiger partial charge >= 0.3 is 5.82 Å². The van der Waals surface area contributed by atoms with Gasteiger partial charge in [-0.15, -0.1) is 0 Å². The molecule has 1 aliphatic rings. The third-order valence-corrected chi connectivity index (χ3v) is 3.60. The highest BCUT2D eigenvalue weighted by Crippen LogP contribution is 2.24. The second-order valence-corrected chi connectivity index (χ2v) is 4.70. The Bertz CT molecular complexity index is 421. The second kappa shape index (κ2) is 5.30. The molecule has 2 atom stereocenters. The first kappa shape index (κ1) is 12.8. The van der Waals surface area contributed by atoms with Gasteiger partial charge < -0.3 is 20.7 Å². The molecule has 0 bridgehead atoms. The van der Waals surface area contributed by atoms with E-state index in [1.54, 1.807) is 12.3 Å². The zero-order valence-corrected chi connectivity index (χ0v) is 10.5. The van der Waals surface area contributed by atoms with Crippen LogP contribution in [0.4, 0.5) is 11.5 Å². The minimum atomic E-state index is -0.481. The maximum Gasteiger partial charge on any atom is 0.363 e. The van der Waals surface area contributed by atoms with E-state index in [9.17, 15) is 10.1 Å². The van der Waals surface area contributed by atoms with Crippen molar-refractivity contribution in [3.8, 4) is 0 Å². The molecule has 1 aliphatic heterocycles. The van der Waals surface area contributed by atoms with Crippen LogP contribution in [-0.4, -0.2) is 29.0 Å². The van der Waals surface area contributed by atoms with Crippen molar-refractivity contribution in [3.05, 3.63) is 28.4 Å². The first-order chi connectivity index (χ1) is 8.61. The summed E-state index contributed by atoms with van der Waals surface area (Å²) in [5.41, 5.74) is 7.00. The third-order valence-electron chi connectivity index (χ3n) is 3.60. The Balaban J connectivity index is 2.09. The van der Waals surface area contributed by atoms with Crippen LogP contribution < -0.4 is 10.6 Å². The van der Waals surface area contributed by atoms with Crippen LogP contribution in [0.25, 0.3) is 0 Å². The number of nitro groups is 1. The molecule has 18 heavy (non-hydrogen) atoms. The van der Waals surface area contributed by atoms with Crippen LogP contribution in [0.15, 0.2) is 18.3 Å². The molecule has 1 aromatic rings. The average molecular weight is 250 g/mol. The lowest BCUT2D eigenvalue weighted by Gasteiger charge is -2.37. The van der Waals surface area contributed by atoms with Gasteiger partial charge in [-0.1, -0.05) is 13.3 Å². The van der Waals surface area contributed by atoms with Crippen molar-refractivity contribution in [2.24, 2.45) is 11.7 Å². The van der Waals surface area contributed by atoms with E-state index in [4.69, 9.17) is 5.73 Å². The molecule has 0 aromatic carbocycles. The van der Waals surface area contributed by atoms with Gasteiger partial charge in [-0.25, -0.2) is 0 Å². The molecule has 2 rings (SSSR count). The van der Waals surface area contributed by atoms with E-state index in [0.717, 1.165) is 31.6 Å². The van der Waals surface area contributed by atoms with E-state index in [0.29, 0.717) is 5.92 Å². The summed E-state index contributed by atoms with van der Waals surface area (Å²) in [7, 11) is 0. The van der Waals surface area contributed by atoms with Crippen molar-refractivity contribution >= 4 is 11.5 Å². The Morgan fingerprint density at radius 1 is 1.61 bits per heavy atom. The number of nitrogens with two attached hydrogens (primary N) is 1. The molecular weight excluding hydrogens is 232 g/mol. The molecular formula is C12H18N4O2. The van der Waals surface area contributed by atoms with Crippen molar-refractivity contribution in [2.45, 2.75) is 25.8 Å². The Morgan fingerprint density at radius 3 is 2.94 bits per heavy atom. The summed E-state index contributed by atoms with van der Waals surface area (Å²) < 4.78 is 0. The Morgan fingerprint density at radius 2 is 2.39 bits per heavy atom. The van der Waals surface area contributed by atoms with E-state index in [2.05, 4.69) is 16.8 Å². The number of nitrogens with zero attached hydrogens (tertiary/aromatic N) is 3. The normalized spacial score (nSPS) is 24.0. The highest BCUT2D eigenvalue weighted by atomic mass is 16.6. The quantitative estimate of drug-likeness (QED) is 0.650.